The standard InChI is InChI=1S/C18H18N2O3S/c1-12-19-10-15(24-12)7-8-17(21)20-11-14-6-4-3-5-13(14)9-16(20)18(22)23-2/h3-8,10,16H,9,11H2,1-2H3/b8-7-/t16-/m0/s1. The van der Waals surface area contributed by atoms with Crippen LogP contribution < -0.4 is 0 Å². The van der Waals surface area contributed by atoms with Crippen LogP contribution in [0.5, 0.6) is 0 Å². The summed E-state index contributed by atoms with van der Waals surface area (Å²) in [7, 11) is 1.35. The van der Waals surface area contributed by atoms with E-state index in [1.54, 1.807) is 17.2 Å². The normalized spacial score (nSPS) is 16.9. The molecule has 124 valence electrons. The molecule has 0 unspecified atom stereocenters. The molecule has 2 aromatic rings. The molecule has 3 rings (SSSR count). The Morgan fingerprint density at radius 2 is 2.08 bits per heavy atom. The van der Waals surface area contributed by atoms with Crippen LogP contribution in [0.15, 0.2) is 36.5 Å². The number of carbonyl (C=O) groups is 2. The van der Waals surface area contributed by atoms with Crippen molar-refractivity contribution < 1.29 is 14.3 Å². The van der Waals surface area contributed by atoms with Gasteiger partial charge in [0.05, 0.1) is 12.1 Å². The first kappa shape index (κ1) is 16.4. The number of aromatic nitrogens is 1. The highest BCUT2D eigenvalue weighted by Crippen LogP contribution is 2.24. The zero-order chi connectivity index (χ0) is 17.1. The topological polar surface area (TPSA) is 59.5 Å². The van der Waals surface area contributed by atoms with Gasteiger partial charge in [-0.1, -0.05) is 24.3 Å². The molecule has 5 nitrogen and oxygen atoms in total. The third-order valence-corrected chi connectivity index (χ3v) is 4.91. The van der Waals surface area contributed by atoms with E-state index in [-0.39, 0.29) is 11.9 Å². The van der Waals surface area contributed by atoms with E-state index in [1.165, 1.54) is 24.5 Å². The van der Waals surface area contributed by atoms with Crippen LogP contribution in [0.3, 0.4) is 0 Å². The third kappa shape index (κ3) is 3.38. The predicted molar refractivity (Wildman–Crippen MR) is 92.4 cm³/mol. The molecule has 1 amide bonds. The van der Waals surface area contributed by atoms with Gasteiger partial charge in [0, 0.05) is 30.1 Å². The zero-order valence-electron chi connectivity index (χ0n) is 13.6. The lowest BCUT2D eigenvalue weighted by Gasteiger charge is -2.34. The first-order valence-electron chi connectivity index (χ1n) is 7.64. The quantitative estimate of drug-likeness (QED) is 0.635. The summed E-state index contributed by atoms with van der Waals surface area (Å²) in [5, 5.41) is 0.946. The van der Waals surface area contributed by atoms with Crippen LogP contribution in [0, 0.1) is 6.92 Å². The molecule has 0 bridgehead atoms. The monoisotopic (exact) mass is 342 g/mol. The Bertz CT molecular complexity index is 797. The molecule has 0 spiro atoms. The minimum absolute atomic E-state index is 0.203. The minimum atomic E-state index is -0.592. The van der Waals surface area contributed by atoms with Gasteiger partial charge >= 0.3 is 5.97 Å². The number of esters is 1. The Balaban J connectivity index is 1.84. The van der Waals surface area contributed by atoms with Crippen LogP contribution in [0.1, 0.15) is 21.0 Å². The molecule has 0 N–H and O–H groups in total. The molecule has 0 saturated carbocycles. The summed E-state index contributed by atoms with van der Waals surface area (Å²) in [4.78, 5) is 31.4. The Hall–Kier alpha value is -2.47. The Labute approximate surface area is 144 Å². The maximum Gasteiger partial charge on any atom is 0.328 e. The second-order valence-electron chi connectivity index (χ2n) is 5.59. The van der Waals surface area contributed by atoms with Crippen molar-refractivity contribution in [2.24, 2.45) is 0 Å². The number of amides is 1. The molecule has 1 aliphatic heterocycles. The number of methoxy groups -OCH3 is 1. The molecule has 0 fully saturated rings. The van der Waals surface area contributed by atoms with Gasteiger partial charge in [-0.25, -0.2) is 9.78 Å². The Morgan fingerprint density at radius 1 is 1.33 bits per heavy atom. The van der Waals surface area contributed by atoms with Gasteiger partial charge in [-0.2, -0.15) is 0 Å². The van der Waals surface area contributed by atoms with Crippen molar-refractivity contribution in [3.63, 3.8) is 0 Å². The van der Waals surface area contributed by atoms with Crippen LogP contribution in [0.4, 0.5) is 0 Å². The number of ether oxygens (including phenoxy) is 1. The lowest BCUT2D eigenvalue weighted by atomic mass is 9.94. The number of rotatable bonds is 3. The maximum atomic E-state index is 12.6. The number of hydrogen-bond donors (Lipinski definition) is 0. The molecular weight excluding hydrogens is 324 g/mol. The second-order valence-corrected chi connectivity index (χ2v) is 6.86. The SMILES string of the molecule is COC(=O)[C@@H]1Cc2ccccc2CN1C(=O)/C=C\c1cnc(C)s1. The summed E-state index contributed by atoms with van der Waals surface area (Å²) < 4.78 is 4.89. The first-order valence-corrected chi connectivity index (χ1v) is 8.46. The fourth-order valence-corrected chi connectivity index (χ4v) is 3.49. The largest absolute Gasteiger partial charge is 0.467 e. The molecule has 1 aliphatic rings. The fraction of sp³-hybridized carbons (Fsp3) is 0.278. The molecule has 6 heteroatoms. The zero-order valence-corrected chi connectivity index (χ0v) is 14.4. The maximum absolute atomic E-state index is 12.6. The summed E-state index contributed by atoms with van der Waals surface area (Å²) in [5.41, 5.74) is 2.15. The Kier molecular flexibility index (Phi) is 4.76. The molecule has 2 heterocycles. The van der Waals surface area contributed by atoms with E-state index in [0.29, 0.717) is 13.0 Å². The molecule has 24 heavy (non-hydrogen) atoms. The number of fused-ring (bicyclic) bond motifs is 1. The Morgan fingerprint density at radius 3 is 2.75 bits per heavy atom. The summed E-state index contributed by atoms with van der Waals surface area (Å²) >= 11 is 1.52. The van der Waals surface area contributed by atoms with E-state index in [1.807, 2.05) is 31.2 Å². The van der Waals surface area contributed by atoms with Gasteiger partial charge in [0.1, 0.15) is 6.04 Å². The van der Waals surface area contributed by atoms with Crippen molar-refractivity contribution in [1.82, 2.24) is 9.88 Å². The third-order valence-electron chi connectivity index (χ3n) is 4.03. The molecule has 0 radical (unpaired) electrons. The molecule has 0 aliphatic carbocycles. The van der Waals surface area contributed by atoms with Crippen molar-refractivity contribution >= 4 is 29.3 Å². The van der Waals surface area contributed by atoms with Crippen molar-refractivity contribution in [1.29, 1.82) is 0 Å². The summed E-state index contributed by atoms with van der Waals surface area (Å²) in [6.45, 7) is 2.32. The minimum Gasteiger partial charge on any atom is -0.467 e. The van der Waals surface area contributed by atoms with Crippen molar-refractivity contribution in [2.45, 2.75) is 25.9 Å². The van der Waals surface area contributed by atoms with E-state index >= 15 is 0 Å². The van der Waals surface area contributed by atoms with E-state index in [2.05, 4.69) is 4.98 Å². The lowest BCUT2D eigenvalue weighted by molar-refractivity contribution is -0.152. The number of benzene rings is 1. The summed E-state index contributed by atoms with van der Waals surface area (Å²) in [6.07, 6.45) is 5.44. The van der Waals surface area contributed by atoms with Crippen LogP contribution in [0.25, 0.3) is 6.08 Å². The lowest BCUT2D eigenvalue weighted by Crippen LogP contribution is -2.48. The average molecular weight is 342 g/mol. The van der Waals surface area contributed by atoms with E-state index in [9.17, 15) is 9.59 Å². The molecule has 1 atom stereocenters. The number of aryl methyl sites for hydroxylation is 1. The van der Waals surface area contributed by atoms with Gasteiger partial charge in [0.25, 0.3) is 0 Å². The van der Waals surface area contributed by atoms with Gasteiger partial charge in [0.15, 0.2) is 0 Å². The molecule has 1 aromatic heterocycles. The average Bonchev–Trinajstić information content (AvgIpc) is 3.03. The van der Waals surface area contributed by atoms with E-state index in [4.69, 9.17) is 4.74 Å². The highest BCUT2D eigenvalue weighted by atomic mass is 32.1. The van der Waals surface area contributed by atoms with Crippen molar-refractivity contribution in [3.05, 3.63) is 57.6 Å². The first-order chi connectivity index (χ1) is 11.6. The van der Waals surface area contributed by atoms with Crippen LogP contribution >= 0.6 is 11.3 Å². The van der Waals surface area contributed by atoms with Crippen molar-refractivity contribution in [2.75, 3.05) is 7.11 Å². The highest BCUT2D eigenvalue weighted by molar-refractivity contribution is 7.12. The fourth-order valence-electron chi connectivity index (χ4n) is 2.81. The number of thiazole rings is 1. The number of hydrogen-bond acceptors (Lipinski definition) is 5. The summed E-state index contributed by atoms with van der Waals surface area (Å²) in [5.74, 6) is -0.592. The number of nitrogens with zero attached hydrogens (tertiary/aromatic N) is 2. The van der Waals surface area contributed by atoms with Gasteiger partial charge < -0.3 is 9.64 Å². The summed E-state index contributed by atoms with van der Waals surface area (Å²) in [6, 6.07) is 7.26. The van der Waals surface area contributed by atoms with Gasteiger partial charge in [0.2, 0.25) is 5.91 Å². The van der Waals surface area contributed by atoms with Gasteiger partial charge in [-0.15, -0.1) is 11.3 Å². The number of carbonyl (C=O) groups excluding carboxylic acids is 2. The van der Waals surface area contributed by atoms with Crippen LogP contribution in [-0.4, -0.2) is 34.9 Å². The molecule has 0 saturated heterocycles. The highest BCUT2D eigenvalue weighted by Gasteiger charge is 2.34. The van der Waals surface area contributed by atoms with Gasteiger partial charge in [-0.3, -0.25) is 4.79 Å². The van der Waals surface area contributed by atoms with E-state index < -0.39 is 6.04 Å². The molecule has 1 aromatic carbocycles. The molecular formula is C18H18N2O3S. The van der Waals surface area contributed by atoms with Crippen LogP contribution in [0.2, 0.25) is 0 Å². The van der Waals surface area contributed by atoms with Gasteiger partial charge in [-0.05, 0) is 24.1 Å². The smallest absolute Gasteiger partial charge is 0.328 e. The van der Waals surface area contributed by atoms with E-state index in [0.717, 1.165) is 21.0 Å². The second kappa shape index (κ2) is 6.97. The van der Waals surface area contributed by atoms with Crippen molar-refractivity contribution in [3.8, 4) is 0 Å². The predicted octanol–water partition coefficient (Wildman–Crippen LogP) is 2.59. The van der Waals surface area contributed by atoms with Crippen LogP contribution in [-0.2, 0) is 27.3 Å².